The van der Waals surface area contributed by atoms with Crippen LogP contribution in [0.4, 0.5) is 0 Å². The molecule has 0 fully saturated rings. The molecule has 0 spiro atoms. The zero-order valence-electron chi connectivity index (χ0n) is 12.2. The van der Waals surface area contributed by atoms with Crippen LogP contribution in [0.25, 0.3) is 6.08 Å². The number of nitrogens with one attached hydrogen (secondary N) is 1. The average molecular weight is 306 g/mol. The molecule has 0 aliphatic rings. The minimum Gasteiger partial charge on any atom is -0.478 e. The SMILES string of the molecule is N#C/C(=C\c1ccccc1)C(=O)NCc1cccc(C(=O)O)c1. The maximum atomic E-state index is 12.1. The maximum absolute atomic E-state index is 12.1. The molecular weight excluding hydrogens is 292 g/mol. The molecule has 0 aliphatic heterocycles. The van der Waals surface area contributed by atoms with E-state index in [9.17, 15) is 9.59 Å². The highest BCUT2D eigenvalue weighted by Gasteiger charge is 2.09. The summed E-state index contributed by atoms with van der Waals surface area (Å²) < 4.78 is 0. The number of rotatable bonds is 5. The molecule has 0 unspecified atom stereocenters. The van der Waals surface area contributed by atoms with Crippen LogP contribution in [0.15, 0.2) is 60.2 Å². The Labute approximate surface area is 133 Å². The predicted molar refractivity (Wildman–Crippen MR) is 85.3 cm³/mol. The van der Waals surface area contributed by atoms with Crippen molar-refractivity contribution in [3.63, 3.8) is 0 Å². The molecule has 0 aromatic heterocycles. The number of aromatic carboxylic acids is 1. The van der Waals surface area contributed by atoms with Gasteiger partial charge < -0.3 is 10.4 Å². The van der Waals surface area contributed by atoms with E-state index >= 15 is 0 Å². The highest BCUT2D eigenvalue weighted by Crippen LogP contribution is 2.08. The van der Waals surface area contributed by atoms with Crippen molar-refractivity contribution < 1.29 is 14.7 Å². The van der Waals surface area contributed by atoms with Crippen LogP contribution in [-0.4, -0.2) is 17.0 Å². The van der Waals surface area contributed by atoms with Crippen LogP contribution in [0.1, 0.15) is 21.5 Å². The summed E-state index contributed by atoms with van der Waals surface area (Å²) in [6, 6.07) is 17.2. The molecule has 0 aliphatic carbocycles. The summed E-state index contributed by atoms with van der Waals surface area (Å²) in [5.41, 5.74) is 1.55. The van der Waals surface area contributed by atoms with Crippen LogP contribution in [-0.2, 0) is 11.3 Å². The zero-order chi connectivity index (χ0) is 16.7. The van der Waals surface area contributed by atoms with Crippen LogP contribution in [0, 0.1) is 11.3 Å². The Balaban J connectivity index is 2.06. The molecule has 0 radical (unpaired) electrons. The fourth-order valence-corrected chi connectivity index (χ4v) is 1.96. The minimum absolute atomic E-state index is 0.00871. The molecule has 5 nitrogen and oxygen atoms in total. The molecule has 2 aromatic rings. The van der Waals surface area contributed by atoms with Gasteiger partial charge in [0.25, 0.3) is 5.91 Å². The van der Waals surface area contributed by atoms with Crippen molar-refractivity contribution in [2.24, 2.45) is 0 Å². The van der Waals surface area contributed by atoms with E-state index in [1.807, 2.05) is 24.3 Å². The van der Waals surface area contributed by atoms with E-state index in [-0.39, 0.29) is 17.7 Å². The highest BCUT2D eigenvalue weighted by atomic mass is 16.4. The van der Waals surface area contributed by atoms with E-state index in [1.54, 1.807) is 24.3 Å². The van der Waals surface area contributed by atoms with Crippen molar-refractivity contribution in [1.82, 2.24) is 5.32 Å². The molecule has 0 saturated carbocycles. The Morgan fingerprint density at radius 3 is 2.52 bits per heavy atom. The molecule has 2 aromatic carbocycles. The second kappa shape index (κ2) is 7.57. The van der Waals surface area contributed by atoms with Gasteiger partial charge in [-0.2, -0.15) is 5.26 Å². The van der Waals surface area contributed by atoms with E-state index in [4.69, 9.17) is 10.4 Å². The number of benzene rings is 2. The third-order valence-corrected chi connectivity index (χ3v) is 3.10. The van der Waals surface area contributed by atoms with Gasteiger partial charge in [0.05, 0.1) is 5.56 Å². The lowest BCUT2D eigenvalue weighted by molar-refractivity contribution is -0.117. The van der Waals surface area contributed by atoms with Gasteiger partial charge in [0.2, 0.25) is 0 Å². The van der Waals surface area contributed by atoms with Gasteiger partial charge in [-0.3, -0.25) is 4.79 Å². The number of carboxylic acid groups (broad SMARTS) is 1. The van der Waals surface area contributed by atoms with Gasteiger partial charge in [-0.25, -0.2) is 4.79 Å². The smallest absolute Gasteiger partial charge is 0.335 e. The minimum atomic E-state index is -1.03. The number of hydrogen-bond acceptors (Lipinski definition) is 3. The lowest BCUT2D eigenvalue weighted by atomic mass is 10.1. The molecule has 114 valence electrons. The van der Waals surface area contributed by atoms with Gasteiger partial charge >= 0.3 is 5.97 Å². The normalized spacial score (nSPS) is 10.7. The van der Waals surface area contributed by atoms with Gasteiger partial charge in [-0.1, -0.05) is 42.5 Å². The number of nitrogens with zero attached hydrogens (tertiary/aromatic N) is 1. The van der Waals surface area contributed by atoms with Crippen LogP contribution in [0.3, 0.4) is 0 Å². The summed E-state index contributed by atoms with van der Waals surface area (Å²) in [7, 11) is 0. The fourth-order valence-electron chi connectivity index (χ4n) is 1.96. The van der Waals surface area contributed by atoms with E-state index in [0.717, 1.165) is 5.56 Å². The van der Waals surface area contributed by atoms with Gasteiger partial charge in [-0.15, -0.1) is 0 Å². The summed E-state index contributed by atoms with van der Waals surface area (Å²) in [6.45, 7) is 0.147. The predicted octanol–water partition coefficient (Wildman–Crippen LogP) is 2.61. The molecule has 0 bridgehead atoms. The fraction of sp³-hybridized carbons (Fsp3) is 0.0556. The molecule has 0 heterocycles. The summed E-state index contributed by atoms with van der Waals surface area (Å²) in [4.78, 5) is 23.0. The van der Waals surface area contributed by atoms with Crippen molar-refractivity contribution in [2.75, 3.05) is 0 Å². The third kappa shape index (κ3) is 4.55. The molecule has 0 saturated heterocycles. The van der Waals surface area contributed by atoms with Gasteiger partial charge in [-0.05, 0) is 29.3 Å². The van der Waals surface area contributed by atoms with Crippen molar-refractivity contribution in [2.45, 2.75) is 6.54 Å². The lowest BCUT2D eigenvalue weighted by Crippen LogP contribution is -2.24. The summed E-state index contributed by atoms with van der Waals surface area (Å²) in [5, 5.41) is 20.7. The van der Waals surface area contributed by atoms with Gasteiger partial charge in [0, 0.05) is 6.54 Å². The first-order valence-electron chi connectivity index (χ1n) is 6.87. The quantitative estimate of drug-likeness (QED) is 0.656. The van der Waals surface area contributed by atoms with Gasteiger partial charge in [0.1, 0.15) is 11.6 Å². The van der Waals surface area contributed by atoms with Crippen molar-refractivity contribution in [1.29, 1.82) is 5.26 Å². The Morgan fingerprint density at radius 2 is 1.87 bits per heavy atom. The van der Waals surface area contributed by atoms with Crippen LogP contribution in [0.5, 0.6) is 0 Å². The summed E-state index contributed by atoms with van der Waals surface area (Å²) in [6.07, 6.45) is 1.50. The molecule has 2 N–H and O–H groups in total. The zero-order valence-corrected chi connectivity index (χ0v) is 12.2. The summed E-state index contributed by atoms with van der Waals surface area (Å²) >= 11 is 0. The average Bonchev–Trinajstić information content (AvgIpc) is 2.58. The Bertz CT molecular complexity index is 789. The first-order valence-corrected chi connectivity index (χ1v) is 6.87. The van der Waals surface area contributed by atoms with E-state index in [0.29, 0.717) is 5.56 Å². The molecule has 2 rings (SSSR count). The molecule has 23 heavy (non-hydrogen) atoms. The van der Waals surface area contributed by atoms with Crippen LogP contribution in [0.2, 0.25) is 0 Å². The number of carbonyl (C=O) groups is 2. The van der Waals surface area contributed by atoms with E-state index in [2.05, 4.69) is 5.32 Å². The third-order valence-electron chi connectivity index (χ3n) is 3.10. The lowest BCUT2D eigenvalue weighted by Gasteiger charge is -2.05. The largest absolute Gasteiger partial charge is 0.478 e. The van der Waals surface area contributed by atoms with Gasteiger partial charge in [0.15, 0.2) is 0 Å². The Kier molecular flexibility index (Phi) is 5.26. The summed E-state index contributed by atoms with van der Waals surface area (Å²) in [5.74, 6) is -1.53. The first kappa shape index (κ1) is 16.0. The number of carboxylic acids is 1. The molecule has 5 heteroatoms. The standard InChI is InChI=1S/C18H14N2O3/c19-11-16(9-13-5-2-1-3-6-13)17(21)20-12-14-7-4-8-15(10-14)18(22)23/h1-10H,12H2,(H,20,21)(H,22,23)/b16-9+. The van der Waals surface area contributed by atoms with E-state index < -0.39 is 11.9 Å². The van der Waals surface area contributed by atoms with E-state index in [1.165, 1.54) is 18.2 Å². The number of nitriles is 1. The molecular formula is C18H14N2O3. The number of carbonyl (C=O) groups excluding carboxylic acids is 1. The second-order valence-electron chi connectivity index (χ2n) is 4.77. The van der Waals surface area contributed by atoms with Crippen molar-refractivity contribution >= 4 is 18.0 Å². The van der Waals surface area contributed by atoms with Crippen LogP contribution < -0.4 is 5.32 Å². The van der Waals surface area contributed by atoms with Crippen molar-refractivity contribution in [3.05, 3.63) is 76.9 Å². The monoisotopic (exact) mass is 306 g/mol. The highest BCUT2D eigenvalue weighted by molar-refractivity contribution is 6.01. The topological polar surface area (TPSA) is 90.2 Å². The number of hydrogen-bond donors (Lipinski definition) is 2. The molecule has 0 atom stereocenters. The first-order chi connectivity index (χ1) is 11.1. The second-order valence-corrected chi connectivity index (χ2v) is 4.77. The Hall–Kier alpha value is -3.39. The van der Waals surface area contributed by atoms with Crippen molar-refractivity contribution in [3.8, 4) is 6.07 Å². The Morgan fingerprint density at radius 1 is 1.13 bits per heavy atom. The number of amides is 1. The molecule has 1 amide bonds. The van der Waals surface area contributed by atoms with Crippen LogP contribution >= 0.6 is 0 Å². The maximum Gasteiger partial charge on any atom is 0.335 e.